The first-order valence-electron chi connectivity index (χ1n) is 9.71. The minimum absolute atomic E-state index is 0.171. The monoisotopic (exact) mass is 310 g/mol. The zero-order valence-corrected chi connectivity index (χ0v) is 14.6. The van der Waals surface area contributed by atoms with Gasteiger partial charge in [-0.1, -0.05) is 43.4 Å². The van der Waals surface area contributed by atoms with E-state index in [1.54, 1.807) is 5.57 Å². The highest BCUT2D eigenvalue weighted by Crippen LogP contribution is 2.61. The van der Waals surface area contributed by atoms with Crippen LogP contribution in [-0.4, -0.2) is 11.2 Å². The Morgan fingerprint density at radius 3 is 2.91 bits per heavy atom. The van der Waals surface area contributed by atoms with Crippen molar-refractivity contribution >= 4 is 0 Å². The molecule has 0 radical (unpaired) electrons. The Hall–Kier alpha value is -1.00. The third-order valence-electron chi connectivity index (χ3n) is 7.41. The molecular weight excluding hydrogens is 280 g/mol. The number of fused-ring (bicyclic) bond motifs is 5. The Kier molecular flexibility index (Phi) is 3.93. The van der Waals surface area contributed by atoms with E-state index in [-0.39, 0.29) is 6.10 Å². The van der Waals surface area contributed by atoms with E-state index >= 15 is 0 Å². The molecule has 6 atom stereocenters. The summed E-state index contributed by atoms with van der Waals surface area (Å²) in [5, 5.41) is 9.95. The van der Waals surface area contributed by atoms with E-state index in [2.05, 4.69) is 37.8 Å². The van der Waals surface area contributed by atoms with Gasteiger partial charge in [0, 0.05) is 17.4 Å². The molecule has 0 aliphatic heterocycles. The predicted octanol–water partition coefficient (Wildman–Crippen LogP) is 4.87. The maximum absolute atomic E-state index is 9.95. The van der Waals surface area contributed by atoms with E-state index in [9.17, 15) is 5.11 Å². The van der Waals surface area contributed by atoms with Crippen LogP contribution in [0.5, 0.6) is 0 Å². The minimum atomic E-state index is -0.171. The van der Waals surface area contributed by atoms with Gasteiger partial charge in [0.15, 0.2) is 0 Å². The molecule has 0 spiro atoms. The van der Waals surface area contributed by atoms with Gasteiger partial charge in [-0.3, -0.25) is 0 Å². The van der Waals surface area contributed by atoms with Gasteiger partial charge in [0.25, 0.3) is 0 Å². The Bertz CT molecular complexity index is 601. The van der Waals surface area contributed by atoms with Crippen molar-refractivity contribution in [2.45, 2.75) is 71.3 Å². The van der Waals surface area contributed by atoms with Crippen molar-refractivity contribution in [3.63, 3.8) is 0 Å². The average Bonchev–Trinajstić information content (AvgIpc) is 2.89. The van der Waals surface area contributed by atoms with Crippen LogP contribution in [0.4, 0.5) is 0 Å². The second-order valence-electron chi connectivity index (χ2n) is 8.43. The zero-order valence-electron chi connectivity index (χ0n) is 14.6. The van der Waals surface area contributed by atoms with Crippen LogP contribution in [-0.2, 0) is 0 Å². The molecular formula is C22H30O. The molecule has 1 nitrogen and oxygen atoms in total. The first-order chi connectivity index (χ1) is 11.1. The summed E-state index contributed by atoms with van der Waals surface area (Å²) in [7, 11) is 0. The summed E-state index contributed by atoms with van der Waals surface area (Å²) in [5.41, 5.74) is 3.38. The van der Waals surface area contributed by atoms with Crippen LogP contribution in [0, 0.1) is 40.9 Å². The molecule has 4 aliphatic carbocycles. The molecule has 2 saturated carbocycles. The lowest BCUT2D eigenvalue weighted by molar-refractivity contribution is 0.00628. The standard InChI is InChI=1S/C22H30O/c1-3-4-5-16-7-11-21-20-9-6-15-14-17(23)8-10-18(15)19(20)12-13-22(16,21)2/h7,14,17-21,23H,3,6,8-13H2,1-2H3/t17-,18-,19+,20+,21-,22+/m0/s1. The molecule has 0 saturated heterocycles. The molecule has 0 unspecified atom stereocenters. The summed E-state index contributed by atoms with van der Waals surface area (Å²) in [4.78, 5) is 0. The van der Waals surface area contributed by atoms with Crippen LogP contribution >= 0.6 is 0 Å². The summed E-state index contributed by atoms with van der Waals surface area (Å²) in [6.07, 6.45) is 14.1. The molecule has 1 heteroatoms. The minimum Gasteiger partial charge on any atom is -0.389 e. The Labute approximate surface area is 141 Å². The normalized spacial score (nSPS) is 44.9. The van der Waals surface area contributed by atoms with Gasteiger partial charge in [-0.2, -0.15) is 0 Å². The fourth-order valence-corrected chi connectivity index (χ4v) is 6.26. The first kappa shape index (κ1) is 15.5. The predicted molar refractivity (Wildman–Crippen MR) is 94.6 cm³/mol. The largest absolute Gasteiger partial charge is 0.389 e. The van der Waals surface area contributed by atoms with Gasteiger partial charge in [-0.25, -0.2) is 0 Å². The highest BCUT2D eigenvalue weighted by Gasteiger charge is 2.53. The number of allylic oxidation sites excluding steroid dienone is 3. The topological polar surface area (TPSA) is 20.2 Å². The second-order valence-corrected chi connectivity index (χ2v) is 8.43. The van der Waals surface area contributed by atoms with Crippen LogP contribution in [0.25, 0.3) is 0 Å². The van der Waals surface area contributed by atoms with Gasteiger partial charge in [0.2, 0.25) is 0 Å². The summed E-state index contributed by atoms with van der Waals surface area (Å²) in [5.74, 6) is 10.1. The lowest BCUT2D eigenvalue weighted by Gasteiger charge is -2.53. The van der Waals surface area contributed by atoms with Gasteiger partial charge in [0.05, 0.1) is 6.10 Å². The summed E-state index contributed by atoms with van der Waals surface area (Å²) in [6, 6.07) is 0. The summed E-state index contributed by atoms with van der Waals surface area (Å²) in [6.45, 7) is 4.64. The number of rotatable bonds is 0. The molecule has 4 rings (SSSR count). The van der Waals surface area contributed by atoms with Crippen molar-refractivity contribution < 1.29 is 5.11 Å². The van der Waals surface area contributed by atoms with Crippen molar-refractivity contribution in [2.75, 3.05) is 0 Å². The molecule has 2 fully saturated rings. The summed E-state index contributed by atoms with van der Waals surface area (Å²) >= 11 is 0. The smallest absolute Gasteiger partial charge is 0.0723 e. The van der Waals surface area contributed by atoms with Crippen LogP contribution in [0.1, 0.15) is 65.2 Å². The molecule has 124 valence electrons. The van der Waals surface area contributed by atoms with Crippen molar-refractivity contribution in [1.29, 1.82) is 0 Å². The van der Waals surface area contributed by atoms with E-state index in [1.807, 2.05) is 0 Å². The third kappa shape index (κ3) is 2.42. The molecule has 4 aliphatic rings. The molecule has 1 N–H and O–H groups in total. The molecule has 0 heterocycles. The van der Waals surface area contributed by atoms with Gasteiger partial charge in [0.1, 0.15) is 0 Å². The van der Waals surface area contributed by atoms with Crippen LogP contribution in [0.2, 0.25) is 0 Å². The average molecular weight is 310 g/mol. The fraction of sp³-hybridized carbons (Fsp3) is 0.727. The summed E-state index contributed by atoms with van der Waals surface area (Å²) < 4.78 is 0. The van der Waals surface area contributed by atoms with Crippen LogP contribution < -0.4 is 0 Å². The lowest BCUT2D eigenvalue weighted by atomic mass is 9.51. The van der Waals surface area contributed by atoms with Crippen molar-refractivity contribution in [2.24, 2.45) is 29.1 Å². The molecule has 0 bridgehead atoms. The Balaban J connectivity index is 1.58. The van der Waals surface area contributed by atoms with E-state index < -0.39 is 0 Å². The van der Waals surface area contributed by atoms with Gasteiger partial charge < -0.3 is 5.11 Å². The zero-order chi connectivity index (χ0) is 16.0. The van der Waals surface area contributed by atoms with Gasteiger partial charge >= 0.3 is 0 Å². The van der Waals surface area contributed by atoms with Crippen LogP contribution in [0.15, 0.2) is 23.3 Å². The fourth-order valence-electron chi connectivity index (χ4n) is 6.26. The number of aliphatic hydroxyl groups excluding tert-OH is 1. The first-order valence-corrected chi connectivity index (χ1v) is 9.71. The van der Waals surface area contributed by atoms with E-state index in [1.165, 1.54) is 44.1 Å². The maximum Gasteiger partial charge on any atom is 0.0723 e. The van der Waals surface area contributed by atoms with Crippen LogP contribution in [0.3, 0.4) is 0 Å². The van der Waals surface area contributed by atoms with Crippen molar-refractivity contribution in [3.05, 3.63) is 23.3 Å². The highest BCUT2D eigenvalue weighted by atomic mass is 16.3. The molecule has 0 amide bonds. The van der Waals surface area contributed by atoms with E-state index in [0.717, 1.165) is 36.5 Å². The maximum atomic E-state index is 9.95. The molecule has 23 heavy (non-hydrogen) atoms. The van der Waals surface area contributed by atoms with Gasteiger partial charge in [-0.15, -0.1) is 0 Å². The molecule has 0 aromatic carbocycles. The number of aliphatic hydroxyl groups is 1. The van der Waals surface area contributed by atoms with E-state index in [0.29, 0.717) is 5.41 Å². The third-order valence-corrected chi connectivity index (χ3v) is 7.41. The van der Waals surface area contributed by atoms with Crippen molar-refractivity contribution in [1.82, 2.24) is 0 Å². The SMILES string of the molecule is CCC#CC1=CC[C@H]2[C@@H]3CCC4=C[C@@H](O)CC[C@@H]4[C@H]3CC[C@]12C. The lowest BCUT2D eigenvalue weighted by Crippen LogP contribution is -2.45. The van der Waals surface area contributed by atoms with E-state index in [4.69, 9.17) is 0 Å². The quantitative estimate of drug-likeness (QED) is 0.500. The second kappa shape index (κ2) is 5.82. The molecule has 0 aromatic rings. The van der Waals surface area contributed by atoms with Crippen molar-refractivity contribution in [3.8, 4) is 11.8 Å². The Morgan fingerprint density at radius 2 is 2.09 bits per heavy atom. The highest BCUT2D eigenvalue weighted by molar-refractivity contribution is 5.40. The van der Waals surface area contributed by atoms with Gasteiger partial charge in [-0.05, 0) is 68.6 Å². The number of hydrogen-bond donors (Lipinski definition) is 1. The molecule has 0 aromatic heterocycles. The number of hydrogen-bond acceptors (Lipinski definition) is 1. The Morgan fingerprint density at radius 1 is 1.22 bits per heavy atom.